The largest absolute Gasteiger partial charge is 0.299 e. The molecule has 1 unspecified atom stereocenters. The van der Waals surface area contributed by atoms with Crippen LogP contribution in [0.4, 0.5) is 4.39 Å². The second kappa shape index (κ2) is 6.00. The lowest BCUT2D eigenvalue weighted by Crippen LogP contribution is -2.09. The van der Waals surface area contributed by atoms with E-state index >= 15 is 0 Å². The van der Waals surface area contributed by atoms with E-state index < -0.39 is 5.82 Å². The third-order valence-electron chi connectivity index (χ3n) is 2.69. The lowest BCUT2D eigenvalue weighted by atomic mass is 9.98. The summed E-state index contributed by atoms with van der Waals surface area (Å²) in [6.07, 6.45) is 1.60. The van der Waals surface area contributed by atoms with Gasteiger partial charge in [0.1, 0.15) is 11.6 Å². The molecule has 0 aliphatic heterocycles. The molecule has 0 saturated heterocycles. The van der Waals surface area contributed by atoms with Crippen molar-refractivity contribution in [3.63, 3.8) is 0 Å². The second-order valence-electron chi connectivity index (χ2n) is 4.15. The lowest BCUT2D eigenvalue weighted by molar-refractivity contribution is -0.119. The summed E-state index contributed by atoms with van der Waals surface area (Å²) in [5.41, 5.74) is 0.390. The van der Waals surface area contributed by atoms with Crippen LogP contribution in [0.15, 0.2) is 18.2 Å². The molecule has 3 heteroatoms. The molecule has 0 fully saturated rings. The van der Waals surface area contributed by atoms with Gasteiger partial charge in [-0.15, -0.1) is 0 Å². The van der Waals surface area contributed by atoms with Crippen molar-refractivity contribution in [2.45, 2.75) is 33.1 Å². The molecule has 1 nitrogen and oxygen atoms in total. The Morgan fingerprint density at radius 2 is 2.19 bits per heavy atom. The van der Waals surface area contributed by atoms with E-state index in [4.69, 9.17) is 11.6 Å². The van der Waals surface area contributed by atoms with Gasteiger partial charge in [0.15, 0.2) is 0 Å². The Kier molecular flexibility index (Phi) is 4.94. The first-order valence-corrected chi connectivity index (χ1v) is 5.87. The predicted molar refractivity (Wildman–Crippen MR) is 64.2 cm³/mol. The molecule has 16 heavy (non-hydrogen) atoms. The Bertz CT molecular complexity index is 376. The summed E-state index contributed by atoms with van der Waals surface area (Å²) in [6.45, 7) is 4.06. The van der Waals surface area contributed by atoms with Gasteiger partial charge in [0.05, 0.1) is 5.02 Å². The minimum atomic E-state index is -0.471. The van der Waals surface area contributed by atoms with Crippen molar-refractivity contribution in [1.29, 1.82) is 0 Å². The Balaban J connectivity index is 2.66. The fraction of sp³-hybridized carbons (Fsp3) is 0.462. The van der Waals surface area contributed by atoms with E-state index in [1.54, 1.807) is 12.1 Å². The van der Waals surface area contributed by atoms with Gasteiger partial charge in [-0.1, -0.05) is 44.0 Å². The molecular weight excluding hydrogens is 227 g/mol. The molecule has 0 bridgehead atoms. The van der Waals surface area contributed by atoms with Crippen LogP contribution in [0, 0.1) is 11.7 Å². The van der Waals surface area contributed by atoms with Crippen molar-refractivity contribution in [3.05, 3.63) is 34.6 Å². The third kappa shape index (κ3) is 3.60. The Hall–Kier alpha value is -0.890. The van der Waals surface area contributed by atoms with Crippen molar-refractivity contribution in [2.24, 2.45) is 5.92 Å². The molecule has 0 aliphatic rings. The average molecular weight is 243 g/mol. The van der Waals surface area contributed by atoms with E-state index in [1.165, 1.54) is 6.07 Å². The molecule has 0 heterocycles. The highest BCUT2D eigenvalue weighted by Crippen LogP contribution is 2.19. The highest BCUT2D eigenvalue weighted by Gasteiger charge is 2.12. The SMILES string of the molecule is CCC(C)CC(=O)Cc1cccc(Cl)c1F. The van der Waals surface area contributed by atoms with Gasteiger partial charge in [-0.2, -0.15) is 0 Å². The number of carbonyl (C=O) groups is 1. The van der Waals surface area contributed by atoms with Crippen LogP contribution >= 0.6 is 11.6 Å². The van der Waals surface area contributed by atoms with E-state index in [9.17, 15) is 9.18 Å². The van der Waals surface area contributed by atoms with E-state index in [-0.39, 0.29) is 17.2 Å². The fourth-order valence-corrected chi connectivity index (χ4v) is 1.70. The lowest BCUT2D eigenvalue weighted by Gasteiger charge is -2.08. The Labute approximate surface area is 101 Å². The predicted octanol–water partition coefficient (Wildman–Crippen LogP) is 4.03. The van der Waals surface area contributed by atoms with Crippen molar-refractivity contribution in [1.82, 2.24) is 0 Å². The van der Waals surface area contributed by atoms with E-state index in [1.807, 2.05) is 13.8 Å². The zero-order chi connectivity index (χ0) is 12.1. The topological polar surface area (TPSA) is 17.1 Å². The maximum atomic E-state index is 13.5. The number of benzene rings is 1. The number of carbonyl (C=O) groups excluding carboxylic acids is 1. The van der Waals surface area contributed by atoms with Gasteiger partial charge >= 0.3 is 0 Å². The van der Waals surface area contributed by atoms with Gasteiger partial charge in [-0.25, -0.2) is 4.39 Å². The first kappa shape index (κ1) is 13.2. The van der Waals surface area contributed by atoms with E-state index in [0.29, 0.717) is 17.9 Å². The second-order valence-corrected chi connectivity index (χ2v) is 4.55. The third-order valence-corrected chi connectivity index (χ3v) is 2.98. The standard InChI is InChI=1S/C13H16ClFO/c1-3-9(2)7-11(16)8-10-5-4-6-12(14)13(10)15/h4-6,9H,3,7-8H2,1-2H3. The van der Waals surface area contributed by atoms with Crippen molar-refractivity contribution < 1.29 is 9.18 Å². The first-order valence-electron chi connectivity index (χ1n) is 5.49. The highest BCUT2D eigenvalue weighted by molar-refractivity contribution is 6.30. The van der Waals surface area contributed by atoms with Crippen molar-refractivity contribution in [3.8, 4) is 0 Å². The van der Waals surface area contributed by atoms with Crippen molar-refractivity contribution in [2.75, 3.05) is 0 Å². The number of Topliss-reactive ketones (excluding diaryl/α,β-unsaturated/α-hetero) is 1. The summed E-state index contributed by atoms with van der Waals surface area (Å²) < 4.78 is 13.5. The van der Waals surface area contributed by atoms with Crippen molar-refractivity contribution >= 4 is 17.4 Å². The Morgan fingerprint density at radius 3 is 2.81 bits per heavy atom. The highest BCUT2D eigenvalue weighted by atomic mass is 35.5. The normalized spacial score (nSPS) is 12.5. The summed E-state index contributed by atoms with van der Waals surface area (Å²) in [6, 6.07) is 4.76. The Morgan fingerprint density at radius 1 is 1.50 bits per heavy atom. The molecule has 1 atom stereocenters. The molecule has 88 valence electrons. The van der Waals surface area contributed by atoms with E-state index in [0.717, 1.165) is 6.42 Å². The average Bonchev–Trinajstić information content (AvgIpc) is 2.24. The van der Waals surface area contributed by atoms with Crippen LogP contribution in [0.5, 0.6) is 0 Å². The molecule has 0 aliphatic carbocycles. The van der Waals surface area contributed by atoms with Gasteiger partial charge in [0, 0.05) is 12.8 Å². The minimum absolute atomic E-state index is 0.0653. The number of ketones is 1. The molecule has 0 aromatic heterocycles. The van der Waals surface area contributed by atoms with Gasteiger partial charge < -0.3 is 0 Å². The quantitative estimate of drug-likeness (QED) is 0.762. The fourth-order valence-electron chi connectivity index (χ4n) is 1.50. The zero-order valence-electron chi connectivity index (χ0n) is 9.59. The molecule has 0 spiro atoms. The summed E-state index contributed by atoms with van der Waals surface area (Å²) in [5, 5.41) is 0.0776. The van der Waals surface area contributed by atoms with Crippen LogP contribution < -0.4 is 0 Å². The number of hydrogen-bond donors (Lipinski definition) is 0. The molecule has 1 rings (SSSR count). The molecule has 0 saturated carbocycles. The van der Waals surface area contributed by atoms with Gasteiger partial charge in [-0.05, 0) is 17.5 Å². The monoisotopic (exact) mass is 242 g/mol. The molecule has 0 N–H and O–H groups in total. The summed E-state index contributed by atoms with van der Waals surface area (Å²) in [4.78, 5) is 11.6. The zero-order valence-corrected chi connectivity index (χ0v) is 10.4. The van der Waals surface area contributed by atoms with Crippen LogP contribution in [0.25, 0.3) is 0 Å². The number of rotatable bonds is 5. The number of hydrogen-bond acceptors (Lipinski definition) is 1. The maximum absolute atomic E-state index is 13.5. The van der Waals surface area contributed by atoms with Crippen LogP contribution in [0.2, 0.25) is 5.02 Å². The van der Waals surface area contributed by atoms with E-state index in [2.05, 4.69) is 0 Å². The van der Waals surface area contributed by atoms with Gasteiger partial charge in [0.25, 0.3) is 0 Å². The van der Waals surface area contributed by atoms with Crippen LogP contribution in [0.1, 0.15) is 32.3 Å². The smallest absolute Gasteiger partial charge is 0.145 e. The maximum Gasteiger partial charge on any atom is 0.145 e. The molecule has 1 aromatic carbocycles. The molecule has 0 amide bonds. The van der Waals surface area contributed by atoms with Crippen LogP contribution in [-0.4, -0.2) is 5.78 Å². The van der Waals surface area contributed by atoms with Gasteiger partial charge in [-0.3, -0.25) is 4.79 Å². The molecule has 1 aromatic rings. The number of halogens is 2. The van der Waals surface area contributed by atoms with Gasteiger partial charge in [0.2, 0.25) is 0 Å². The van der Waals surface area contributed by atoms with Crippen LogP contribution in [0.3, 0.4) is 0 Å². The minimum Gasteiger partial charge on any atom is -0.299 e. The first-order chi connectivity index (χ1) is 7.54. The summed E-state index contributed by atoms with van der Waals surface area (Å²) in [7, 11) is 0. The van der Waals surface area contributed by atoms with Crippen LogP contribution in [-0.2, 0) is 11.2 Å². The summed E-state index contributed by atoms with van der Waals surface area (Å²) in [5.74, 6) is -0.0491. The molecule has 0 radical (unpaired) electrons. The molecular formula is C13H16ClFO. The summed E-state index contributed by atoms with van der Waals surface area (Å²) >= 11 is 5.64.